The monoisotopic (exact) mass is 443 g/mol. The molecule has 6 nitrogen and oxygen atoms in total. The summed E-state index contributed by atoms with van der Waals surface area (Å²) in [6.45, 7) is 8.81. The normalized spacial score (nSPS) is 17.2. The van der Waals surface area contributed by atoms with Crippen LogP contribution < -0.4 is 5.32 Å². The van der Waals surface area contributed by atoms with Crippen LogP contribution in [0.2, 0.25) is 0 Å². The number of nitrogens with one attached hydrogen (secondary N) is 1. The lowest BCUT2D eigenvalue weighted by atomic mass is 9.91. The van der Waals surface area contributed by atoms with Crippen LogP contribution in [0.25, 0.3) is 10.2 Å². The van der Waals surface area contributed by atoms with Crippen molar-refractivity contribution < 1.29 is 9.18 Å². The zero-order chi connectivity index (χ0) is 22.6. The minimum Gasteiger partial charge on any atom is -0.350 e. The molecule has 1 N–H and O–H groups in total. The molecule has 1 aliphatic carbocycles. The Morgan fingerprint density at radius 1 is 1.32 bits per heavy atom. The first-order valence-corrected chi connectivity index (χ1v) is 11.6. The van der Waals surface area contributed by atoms with Gasteiger partial charge in [0.05, 0.1) is 16.4 Å². The second-order valence-electron chi connectivity index (χ2n) is 8.37. The number of aromatic nitrogens is 3. The molecular formula is C23H30FN5OS. The van der Waals surface area contributed by atoms with Gasteiger partial charge in [-0.05, 0) is 47.8 Å². The summed E-state index contributed by atoms with van der Waals surface area (Å²) in [7, 11) is 1.86. The van der Waals surface area contributed by atoms with Crippen LogP contribution in [0.5, 0.6) is 0 Å². The summed E-state index contributed by atoms with van der Waals surface area (Å²) in [6.07, 6.45) is 5.86. The predicted molar refractivity (Wildman–Crippen MR) is 124 cm³/mol. The highest BCUT2D eigenvalue weighted by Gasteiger charge is 2.35. The van der Waals surface area contributed by atoms with E-state index in [1.165, 1.54) is 17.4 Å². The SMILES string of the molecule is CC.CN(C(=O)c1nc(NCc2cncc(F)c2)nc2ccsc12)C1CCC(C)(C)C1. The fourth-order valence-corrected chi connectivity index (χ4v) is 4.70. The average molecular weight is 444 g/mol. The number of halogens is 1. The predicted octanol–water partition coefficient (Wildman–Crippen LogP) is 5.51. The molecule has 3 aromatic heterocycles. The molecule has 4 rings (SSSR count). The van der Waals surface area contributed by atoms with Crippen LogP contribution in [0, 0.1) is 11.2 Å². The minimum absolute atomic E-state index is 0.0852. The van der Waals surface area contributed by atoms with Crippen LogP contribution >= 0.6 is 11.3 Å². The molecule has 31 heavy (non-hydrogen) atoms. The molecule has 0 aliphatic heterocycles. The molecule has 3 heterocycles. The Morgan fingerprint density at radius 3 is 2.77 bits per heavy atom. The van der Waals surface area contributed by atoms with Gasteiger partial charge in [0, 0.05) is 25.8 Å². The molecule has 0 bridgehead atoms. The zero-order valence-corrected chi connectivity index (χ0v) is 19.6. The van der Waals surface area contributed by atoms with E-state index in [-0.39, 0.29) is 17.4 Å². The van der Waals surface area contributed by atoms with Gasteiger partial charge in [-0.2, -0.15) is 0 Å². The lowest BCUT2D eigenvalue weighted by Crippen LogP contribution is -2.36. The van der Waals surface area contributed by atoms with E-state index < -0.39 is 5.82 Å². The highest BCUT2D eigenvalue weighted by atomic mass is 32.1. The standard InChI is InChI=1S/C21H24FN5OS.C2H6/c1-21(2)6-4-15(9-21)27(3)19(28)17-18-16(5-7-29-18)25-20(26-17)24-11-13-8-14(22)12-23-10-13;1-2/h5,7-8,10,12,15H,4,6,9,11H2,1-3H3,(H,24,25,26);1-2H3. The van der Waals surface area contributed by atoms with E-state index in [4.69, 9.17) is 0 Å². The fourth-order valence-electron chi connectivity index (χ4n) is 3.88. The lowest BCUT2D eigenvalue weighted by molar-refractivity contribution is 0.0724. The molecule has 0 saturated heterocycles. The van der Waals surface area contributed by atoms with E-state index in [1.807, 2.05) is 37.2 Å². The summed E-state index contributed by atoms with van der Waals surface area (Å²) in [5, 5.41) is 5.00. The van der Waals surface area contributed by atoms with Crippen molar-refractivity contribution in [1.82, 2.24) is 19.9 Å². The summed E-state index contributed by atoms with van der Waals surface area (Å²) >= 11 is 1.47. The number of nitrogens with zero attached hydrogens (tertiary/aromatic N) is 4. The van der Waals surface area contributed by atoms with E-state index in [0.717, 1.165) is 35.7 Å². The van der Waals surface area contributed by atoms with E-state index in [0.29, 0.717) is 23.8 Å². The van der Waals surface area contributed by atoms with Gasteiger partial charge in [-0.3, -0.25) is 9.78 Å². The molecule has 0 spiro atoms. The number of pyridine rings is 1. The van der Waals surface area contributed by atoms with Gasteiger partial charge >= 0.3 is 0 Å². The number of hydrogen-bond acceptors (Lipinski definition) is 6. The van der Waals surface area contributed by atoms with Crippen LogP contribution in [0.15, 0.2) is 29.9 Å². The molecule has 8 heteroatoms. The maximum Gasteiger partial charge on any atom is 0.274 e. The Hall–Kier alpha value is -2.61. The van der Waals surface area contributed by atoms with Crippen LogP contribution in [-0.2, 0) is 6.54 Å². The van der Waals surface area contributed by atoms with Gasteiger partial charge in [0.2, 0.25) is 5.95 Å². The second kappa shape index (κ2) is 9.68. The molecular weight excluding hydrogens is 413 g/mol. The van der Waals surface area contributed by atoms with Crippen molar-refractivity contribution in [3.63, 3.8) is 0 Å². The Labute approximate surface area is 186 Å². The molecule has 0 radical (unpaired) electrons. The summed E-state index contributed by atoms with van der Waals surface area (Å²) in [4.78, 5) is 28.0. The third kappa shape index (κ3) is 5.36. The van der Waals surface area contributed by atoms with Crippen molar-refractivity contribution in [2.75, 3.05) is 12.4 Å². The first-order valence-electron chi connectivity index (χ1n) is 10.7. The maximum atomic E-state index is 13.4. The average Bonchev–Trinajstić information content (AvgIpc) is 3.38. The molecule has 1 atom stereocenters. The Morgan fingerprint density at radius 2 is 2.10 bits per heavy atom. The van der Waals surface area contributed by atoms with Crippen molar-refractivity contribution in [2.24, 2.45) is 5.41 Å². The van der Waals surface area contributed by atoms with Crippen LogP contribution in [0.1, 0.15) is 63.0 Å². The van der Waals surface area contributed by atoms with Gasteiger partial charge in [-0.1, -0.05) is 27.7 Å². The number of thiophene rings is 1. The van der Waals surface area contributed by atoms with Crippen molar-refractivity contribution in [2.45, 2.75) is 59.5 Å². The summed E-state index contributed by atoms with van der Waals surface area (Å²) in [5.74, 6) is -0.128. The first-order chi connectivity index (χ1) is 14.8. The smallest absolute Gasteiger partial charge is 0.274 e. The third-order valence-electron chi connectivity index (χ3n) is 5.53. The zero-order valence-electron chi connectivity index (χ0n) is 18.8. The summed E-state index contributed by atoms with van der Waals surface area (Å²) in [6, 6.07) is 3.51. The highest BCUT2D eigenvalue weighted by molar-refractivity contribution is 7.17. The molecule has 1 fully saturated rings. The number of anilines is 1. The maximum absolute atomic E-state index is 13.4. The number of carbonyl (C=O) groups is 1. The van der Waals surface area contributed by atoms with E-state index >= 15 is 0 Å². The Bertz CT molecular complexity index is 1050. The molecule has 166 valence electrons. The van der Waals surface area contributed by atoms with Gasteiger partial charge in [-0.25, -0.2) is 14.4 Å². The topological polar surface area (TPSA) is 71.0 Å². The molecule has 1 aliphatic rings. The van der Waals surface area contributed by atoms with E-state index in [9.17, 15) is 9.18 Å². The Kier molecular flexibility index (Phi) is 7.20. The molecule has 0 aromatic carbocycles. The first kappa shape index (κ1) is 23.1. The number of rotatable bonds is 5. The van der Waals surface area contributed by atoms with Gasteiger partial charge in [-0.15, -0.1) is 11.3 Å². The number of carbonyl (C=O) groups excluding carboxylic acids is 1. The van der Waals surface area contributed by atoms with Crippen LogP contribution in [-0.4, -0.2) is 38.8 Å². The fraction of sp³-hybridized carbons (Fsp3) is 0.478. The second-order valence-corrected chi connectivity index (χ2v) is 9.29. The van der Waals surface area contributed by atoms with E-state index in [1.54, 1.807) is 6.20 Å². The summed E-state index contributed by atoms with van der Waals surface area (Å²) in [5.41, 5.74) is 2.08. The van der Waals surface area contributed by atoms with Crippen LogP contribution in [0.3, 0.4) is 0 Å². The van der Waals surface area contributed by atoms with Gasteiger partial charge < -0.3 is 10.2 Å². The highest BCUT2D eigenvalue weighted by Crippen LogP contribution is 2.39. The van der Waals surface area contributed by atoms with Gasteiger partial charge in [0.1, 0.15) is 5.82 Å². The van der Waals surface area contributed by atoms with Crippen molar-refractivity contribution in [3.8, 4) is 0 Å². The number of amides is 1. The van der Waals surface area contributed by atoms with Gasteiger partial charge in [0.25, 0.3) is 5.91 Å². The largest absolute Gasteiger partial charge is 0.350 e. The quantitative estimate of drug-likeness (QED) is 0.563. The van der Waals surface area contributed by atoms with Crippen molar-refractivity contribution >= 4 is 33.4 Å². The molecule has 1 unspecified atom stereocenters. The third-order valence-corrected chi connectivity index (χ3v) is 6.44. The minimum atomic E-state index is -0.393. The number of fused-ring (bicyclic) bond motifs is 1. The van der Waals surface area contributed by atoms with E-state index in [2.05, 4.69) is 34.1 Å². The molecule has 3 aromatic rings. The van der Waals surface area contributed by atoms with Gasteiger partial charge in [0.15, 0.2) is 5.69 Å². The number of hydrogen-bond donors (Lipinski definition) is 1. The van der Waals surface area contributed by atoms with Crippen molar-refractivity contribution in [1.29, 1.82) is 0 Å². The molecule has 1 amide bonds. The van der Waals surface area contributed by atoms with Crippen molar-refractivity contribution in [3.05, 3.63) is 47.0 Å². The Balaban J connectivity index is 0.00000132. The molecule has 1 saturated carbocycles. The van der Waals surface area contributed by atoms with Crippen LogP contribution in [0.4, 0.5) is 10.3 Å². The lowest BCUT2D eigenvalue weighted by Gasteiger charge is -2.26. The summed E-state index contributed by atoms with van der Waals surface area (Å²) < 4.78 is 14.1.